The summed E-state index contributed by atoms with van der Waals surface area (Å²) < 4.78 is 0. The van der Waals surface area contributed by atoms with Crippen LogP contribution in [0.4, 0.5) is 10.8 Å². The van der Waals surface area contributed by atoms with Gasteiger partial charge in [0.15, 0.2) is 5.13 Å². The molecule has 0 aliphatic carbocycles. The van der Waals surface area contributed by atoms with Crippen LogP contribution < -0.4 is 10.6 Å². The van der Waals surface area contributed by atoms with Crippen molar-refractivity contribution in [2.45, 2.75) is 19.8 Å². The molecule has 0 unspecified atom stereocenters. The molecular weight excluding hydrogens is 258 g/mol. The molecule has 19 heavy (non-hydrogen) atoms. The first-order valence-electron chi connectivity index (χ1n) is 6.31. The van der Waals surface area contributed by atoms with E-state index in [1.807, 2.05) is 42.6 Å². The molecule has 2 aromatic rings. The summed E-state index contributed by atoms with van der Waals surface area (Å²) >= 11 is 1.51. The molecule has 0 atom stereocenters. The average molecular weight is 275 g/mol. The second-order valence-electron chi connectivity index (χ2n) is 4.16. The number of benzene rings is 1. The van der Waals surface area contributed by atoms with Crippen LogP contribution in [0.25, 0.3) is 0 Å². The molecule has 2 N–H and O–H groups in total. The molecule has 0 aliphatic rings. The molecule has 0 fully saturated rings. The molecule has 1 heterocycles. The van der Waals surface area contributed by atoms with Gasteiger partial charge < -0.3 is 10.6 Å². The highest BCUT2D eigenvalue weighted by molar-refractivity contribution is 7.13. The minimum Gasteiger partial charge on any atom is -0.356 e. The van der Waals surface area contributed by atoms with Crippen molar-refractivity contribution in [2.75, 3.05) is 11.9 Å². The molecule has 0 radical (unpaired) electrons. The van der Waals surface area contributed by atoms with Gasteiger partial charge in [0, 0.05) is 17.6 Å². The number of hydrogen-bond acceptors (Lipinski definition) is 4. The predicted octanol–water partition coefficient (Wildman–Crippen LogP) is 2.96. The minimum atomic E-state index is 0.0263. The molecule has 0 saturated heterocycles. The second kappa shape index (κ2) is 6.89. The van der Waals surface area contributed by atoms with Gasteiger partial charge in [-0.15, -0.1) is 11.3 Å². The lowest BCUT2D eigenvalue weighted by atomic mass is 10.3. The van der Waals surface area contributed by atoms with Gasteiger partial charge in [0.1, 0.15) is 0 Å². The highest BCUT2D eigenvalue weighted by atomic mass is 32.1. The molecule has 0 bridgehead atoms. The number of thiazole rings is 1. The third-order valence-corrected chi connectivity index (χ3v) is 3.30. The Labute approximate surface area is 116 Å². The number of nitrogens with zero attached hydrogens (tertiary/aromatic N) is 1. The van der Waals surface area contributed by atoms with Crippen LogP contribution in [0.3, 0.4) is 0 Å². The molecule has 4 nitrogen and oxygen atoms in total. The van der Waals surface area contributed by atoms with Crippen molar-refractivity contribution in [3.63, 3.8) is 0 Å². The van der Waals surface area contributed by atoms with E-state index in [0.717, 1.165) is 29.5 Å². The maximum Gasteiger partial charge on any atom is 0.226 e. The fraction of sp³-hybridized carbons (Fsp3) is 0.286. The fourth-order valence-electron chi connectivity index (χ4n) is 1.58. The Hall–Kier alpha value is -1.88. The van der Waals surface area contributed by atoms with E-state index in [1.165, 1.54) is 11.3 Å². The molecule has 0 saturated carbocycles. The van der Waals surface area contributed by atoms with Gasteiger partial charge in [-0.2, -0.15) is 0 Å². The summed E-state index contributed by atoms with van der Waals surface area (Å²) in [6.07, 6.45) is 1.29. The summed E-state index contributed by atoms with van der Waals surface area (Å²) in [5.41, 5.74) is 1.80. The van der Waals surface area contributed by atoms with E-state index < -0.39 is 0 Å². The van der Waals surface area contributed by atoms with Gasteiger partial charge in [0.2, 0.25) is 5.91 Å². The lowest BCUT2D eigenvalue weighted by molar-refractivity contribution is -0.120. The number of carbonyl (C=O) groups is 1. The molecule has 0 spiro atoms. The second-order valence-corrected chi connectivity index (χ2v) is 5.02. The van der Waals surface area contributed by atoms with Crippen LogP contribution in [0, 0.1) is 0 Å². The zero-order chi connectivity index (χ0) is 13.5. The summed E-state index contributed by atoms with van der Waals surface area (Å²) in [6, 6.07) is 9.87. The molecule has 2 rings (SSSR count). The SMILES string of the molecule is CCCNC(=O)Cc1csc(Nc2ccccc2)n1. The highest BCUT2D eigenvalue weighted by Gasteiger charge is 2.07. The van der Waals surface area contributed by atoms with Gasteiger partial charge in [-0.3, -0.25) is 4.79 Å². The number of anilines is 2. The Morgan fingerprint density at radius 3 is 2.84 bits per heavy atom. The van der Waals surface area contributed by atoms with Crippen molar-refractivity contribution in [3.05, 3.63) is 41.4 Å². The van der Waals surface area contributed by atoms with Crippen molar-refractivity contribution >= 4 is 28.1 Å². The van der Waals surface area contributed by atoms with Crippen LogP contribution in [0.5, 0.6) is 0 Å². The monoisotopic (exact) mass is 275 g/mol. The van der Waals surface area contributed by atoms with Gasteiger partial charge in [-0.25, -0.2) is 4.98 Å². The van der Waals surface area contributed by atoms with Crippen molar-refractivity contribution in [2.24, 2.45) is 0 Å². The summed E-state index contributed by atoms with van der Waals surface area (Å²) in [5.74, 6) is 0.0263. The average Bonchev–Trinajstić information content (AvgIpc) is 2.85. The van der Waals surface area contributed by atoms with Gasteiger partial charge in [-0.1, -0.05) is 25.1 Å². The molecule has 1 amide bonds. The van der Waals surface area contributed by atoms with Crippen LogP contribution in [-0.4, -0.2) is 17.4 Å². The van der Waals surface area contributed by atoms with Gasteiger partial charge >= 0.3 is 0 Å². The lowest BCUT2D eigenvalue weighted by Crippen LogP contribution is -2.25. The summed E-state index contributed by atoms with van der Waals surface area (Å²) in [5, 5.41) is 8.78. The number of carbonyl (C=O) groups excluding carboxylic acids is 1. The third-order valence-electron chi connectivity index (χ3n) is 2.49. The summed E-state index contributed by atoms with van der Waals surface area (Å²) in [6.45, 7) is 2.75. The van der Waals surface area contributed by atoms with Crippen molar-refractivity contribution < 1.29 is 4.79 Å². The van der Waals surface area contributed by atoms with Crippen LogP contribution >= 0.6 is 11.3 Å². The Kier molecular flexibility index (Phi) is 4.92. The molecule has 1 aromatic carbocycles. The topological polar surface area (TPSA) is 54.0 Å². The van der Waals surface area contributed by atoms with Crippen LogP contribution in [0.1, 0.15) is 19.0 Å². The summed E-state index contributed by atoms with van der Waals surface area (Å²) in [7, 11) is 0. The molecule has 0 aliphatic heterocycles. The van der Waals surface area contributed by atoms with E-state index >= 15 is 0 Å². The van der Waals surface area contributed by atoms with E-state index in [0.29, 0.717) is 6.42 Å². The number of para-hydroxylation sites is 1. The Balaban J connectivity index is 1.90. The number of amides is 1. The lowest BCUT2D eigenvalue weighted by Gasteiger charge is -2.01. The third kappa shape index (κ3) is 4.37. The van der Waals surface area contributed by atoms with Crippen LogP contribution in [0.15, 0.2) is 35.7 Å². The van der Waals surface area contributed by atoms with Crippen molar-refractivity contribution in [3.8, 4) is 0 Å². The maximum absolute atomic E-state index is 11.6. The Morgan fingerprint density at radius 2 is 2.11 bits per heavy atom. The number of aromatic nitrogens is 1. The highest BCUT2D eigenvalue weighted by Crippen LogP contribution is 2.20. The van der Waals surface area contributed by atoms with Crippen LogP contribution in [0.2, 0.25) is 0 Å². The minimum absolute atomic E-state index is 0.0263. The van der Waals surface area contributed by atoms with Gasteiger partial charge in [0.25, 0.3) is 0 Å². The first kappa shape index (κ1) is 13.5. The molecule has 100 valence electrons. The number of rotatable bonds is 6. The van der Waals surface area contributed by atoms with Crippen molar-refractivity contribution in [1.82, 2.24) is 10.3 Å². The quantitative estimate of drug-likeness (QED) is 0.852. The first-order chi connectivity index (χ1) is 9.28. The maximum atomic E-state index is 11.6. The molecule has 5 heteroatoms. The molecule has 1 aromatic heterocycles. The summed E-state index contributed by atoms with van der Waals surface area (Å²) in [4.78, 5) is 16.0. The zero-order valence-electron chi connectivity index (χ0n) is 10.8. The largest absolute Gasteiger partial charge is 0.356 e. The van der Waals surface area contributed by atoms with E-state index in [2.05, 4.69) is 15.6 Å². The van der Waals surface area contributed by atoms with Gasteiger partial charge in [-0.05, 0) is 18.6 Å². The standard InChI is InChI=1S/C14H17N3OS/c1-2-8-15-13(18)9-12-10-19-14(17-12)16-11-6-4-3-5-7-11/h3-7,10H,2,8-9H2,1H3,(H,15,18)(H,16,17). The van der Waals surface area contributed by atoms with E-state index in [9.17, 15) is 4.79 Å². The number of nitrogens with one attached hydrogen (secondary N) is 2. The van der Waals surface area contributed by atoms with E-state index in [1.54, 1.807) is 0 Å². The Bertz CT molecular complexity index is 524. The normalized spacial score (nSPS) is 10.2. The predicted molar refractivity (Wildman–Crippen MR) is 78.8 cm³/mol. The van der Waals surface area contributed by atoms with Crippen molar-refractivity contribution in [1.29, 1.82) is 0 Å². The number of hydrogen-bond donors (Lipinski definition) is 2. The zero-order valence-corrected chi connectivity index (χ0v) is 11.7. The van der Waals surface area contributed by atoms with E-state index in [-0.39, 0.29) is 5.91 Å². The smallest absolute Gasteiger partial charge is 0.226 e. The van der Waals surface area contributed by atoms with E-state index in [4.69, 9.17) is 0 Å². The Morgan fingerprint density at radius 1 is 1.32 bits per heavy atom. The molecular formula is C14H17N3OS. The first-order valence-corrected chi connectivity index (χ1v) is 7.19. The van der Waals surface area contributed by atoms with Gasteiger partial charge in [0.05, 0.1) is 12.1 Å². The fourth-order valence-corrected chi connectivity index (χ4v) is 2.31. The van der Waals surface area contributed by atoms with Crippen LogP contribution in [-0.2, 0) is 11.2 Å².